The maximum absolute atomic E-state index is 10.8. The summed E-state index contributed by atoms with van der Waals surface area (Å²) in [6.07, 6.45) is 4.73. The van der Waals surface area contributed by atoms with Crippen LogP contribution in [0.3, 0.4) is 0 Å². The number of carboxylic acids is 1. The Balaban J connectivity index is 2.05. The first-order chi connectivity index (χ1) is 5.79. The smallest absolute Gasteiger partial charge is 0.309 e. The van der Waals surface area contributed by atoms with Crippen LogP contribution in [-0.2, 0) is 9.53 Å². The second-order valence-corrected chi connectivity index (χ2v) is 3.76. The average Bonchev–Trinajstić information content (AvgIpc) is 2.47. The van der Waals surface area contributed by atoms with Gasteiger partial charge in [-0.15, -0.1) is 0 Å². The summed E-state index contributed by atoms with van der Waals surface area (Å²) in [7, 11) is 0. The van der Waals surface area contributed by atoms with Gasteiger partial charge in [0.05, 0.1) is 18.6 Å². The number of aliphatic carboxylic acids is 1. The molecule has 2 fully saturated rings. The van der Waals surface area contributed by atoms with Crippen molar-refractivity contribution in [3.8, 4) is 0 Å². The van der Waals surface area contributed by atoms with E-state index in [4.69, 9.17) is 9.84 Å². The summed E-state index contributed by atoms with van der Waals surface area (Å²) in [6.45, 7) is 0.435. The van der Waals surface area contributed by atoms with E-state index in [1.54, 1.807) is 0 Å². The van der Waals surface area contributed by atoms with Crippen LogP contribution in [-0.4, -0.2) is 23.8 Å². The number of hydrogen-bond acceptors (Lipinski definition) is 2. The summed E-state index contributed by atoms with van der Waals surface area (Å²) in [5.41, 5.74) is 0. The zero-order valence-corrected chi connectivity index (χ0v) is 7.03. The Labute approximate surface area is 71.7 Å². The number of ether oxygens (including phenoxy) is 1. The van der Waals surface area contributed by atoms with Crippen molar-refractivity contribution in [1.82, 2.24) is 0 Å². The molecule has 2 rings (SSSR count). The van der Waals surface area contributed by atoms with Gasteiger partial charge in [0, 0.05) is 5.92 Å². The highest BCUT2D eigenvalue weighted by Crippen LogP contribution is 2.37. The quantitative estimate of drug-likeness (QED) is 0.644. The van der Waals surface area contributed by atoms with E-state index in [1.165, 1.54) is 12.8 Å². The fourth-order valence-electron chi connectivity index (χ4n) is 2.40. The zero-order valence-electron chi connectivity index (χ0n) is 7.03. The van der Waals surface area contributed by atoms with E-state index in [9.17, 15) is 4.79 Å². The predicted octanol–water partition coefficient (Wildman–Crippen LogP) is 1.28. The predicted molar refractivity (Wildman–Crippen MR) is 42.8 cm³/mol. The van der Waals surface area contributed by atoms with Crippen LogP contribution in [0.5, 0.6) is 0 Å². The Morgan fingerprint density at radius 1 is 1.33 bits per heavy atom. The minimum Gasteiger partial charge on any atom is -0.481 e. The van der Waals surface area contributed by atoms with Gasteiger partial charge in [-0.2, -0.15) is 0 Å². The maximum atomic E-state index is 10.8. The number of carboxylic acid groups (broad SMARTS) is 1. The van der Waals surface area contributed by atoms with Crippen LogP contribution in [0, 0.1) is 11.8 Å². The molecule has 68 valence electrons. The van der Waals surface area contributed by atoms with Gasteiger partial charge in [-0.3, -0.25) is 4.79 Å². The lowest BCUT2D eigenvalue weighted by molar-refractivity contribution is -0.142. The van der Waals surface area contributed by atoms with E-state index in [0.29, 0.717) is 12.5 Å². The summed E-state index contributed by atoms with van der Waals surface area (Å²) in [5.74, 6) is -0.601. The van der Waals surface area contributed by atoms with Crippen molar-refractivity contribution in [2.75, 3.05) is 6.61 Å². The molecule has 1 aliphatic heterocycles. The largest absolute Gasteiger partial charge is 0.481 e. The molecule has 1 saturated heterocycles. The summed E-state index contributed by atoms with van der Waals surface area (Å²) >= 11 is 0. The van der Waals surface area contributed by atoms with Crippen LogP contribution in [0.2, 0.25) is 0 Å². The van der Waals surface area contributed by atoms with E-state index in [0.717, 1.165) is 12.8 Å². The van der Waals surface area contributed by atoms with E-state index in [-0.39, 0.29) is 12.0 Å². The van der Waals surface area contributed by atoms with Gasteiger partial charge in [0.25, 0.3) is 0 Å². The van der Waals surface area contributed by atoms with E-state index in [1.807, 2.05) is 0 Å². The normalized spacial score (nSPS) is 40.8. The van der Waals surface area contributed by atoms with Gasteiger partial charge in [-0.1, -0.05) is 12.8 Å². The molecule has 12 heavy (non-hydrogen) atoms. The average molecular weight is 170 g/mol. The van der Waals surface area contributed by atoms with Gasteiger partial charge < -0.3 is 9.84 Å². The molecule has 3 atom stereocenters. The number of fused-ring (bicyclic) bond motifs is 1. The Morgan fingerprint density at radius 3 is 2.83 bits per heavy atom. The van der Waals surface area contributed by atoms with Crippen molar-refractivity contribution in [2.24, 2.45) is 11.8 Å². The lowest BCUT2D eigenvalue weighted by atomic mass is 9.80. The first kappa shape index (κ1) is 8.05. The molecule has 1 saturated carbocycles. The fraction of sp³-hybridized carbons (Fsp3) is 0.889. The van der Waals surface area contributed by atoms with Crippen molar-refractivity contribution in [1.29, 1.82) is 0 Å². The van der Waals surface area contributed by atoms with Crippen molar-refractivity contribution in [2.45, 2.75) is 31.8 Å². The third-order valence-electron chi connectivity index (χ3n) is 3.08. The van der Waals surface area contributed by atoms with Gasteiger partial charge >= 0.3 is 5.97 Å². The van der Waals surface area contributed by atoms with Gasteiger partial charge in [0.2, 0.25) is 0 Å². The second kappa shape index (κ2) is 3.05. The molecule has 0 radical (unpaired) electrons. The van der Waals surface area contributed by atoms with E-state index >= 15 is 0 Å². The van der Waals surface area contributed by atoms with E-state index in [2.05, 4.69) is 0 Å². The molecule has 0 aromatic carbocycles. The molecular formula is C9H14O3. The monoisotopic (exact) mass is 170 g/mol. The highest BCUT2D eigenvalue weighted by atomic mass is 16.5. The number of carbonyl (C=O) groups is 1. The van der Waals surface area contributed by atoms with Gasteiger partial charge in [0.1, 0.15) is 0 Å². The number of rotatable bonds is 1. The highest BCUT2D eigenvalue weighted by Gasteiger charge is 2.42. The summed E-state index contributed by atoms with van der Waals surface area (Å²) in [5, 5.41) is 8.87. The topological polar surface area (TPSA) is 46.5 Å². The third kappa shape index (κ3) is 1.22. The van der Waals surface area contributed by atoms with E-state index < -0.39 is 5.97 Å². The molecule has 0 amide bonds. The van der Waals surface area contributed by atoms with Gasteiger partial charge in [-0.05, 0) is 12.8 Å². The lowest BCUT2D eigenvalue weighted by Crippen LogP contribution is -2.28. The third-order valence-corrected chi connectivity index (χ3v) is 3.08. The molecule has 1 aliphatic carbocycles. The van der Waals surface area contributed by atoms with Crippen LogP contribution in [0.25, 0.3) is 0 Å². The molecule has 0 aromatic heterocycles. The van der Waals surface area contributed by atoms with Crippen molar-refractivity contribution >= 4 is 5.97 Å². The molecule has 1 heterocycles. The van der Waals surface area contributed by atoms with Crippen molar-refractivity contribution < 1.29 is 14.6 Å². The molecule has 2 aliphatic rings. The van der Waals surface area contributed by atoms with Crippen LogP contribution < -0.4 is 0 Å². The number of hydrogen-bond donors (Lipinski definition) is 1. The van der Waals surface area contributed by atoms with Crippen molar-refractivity contribution in [3.05, 3.63) is 0 Å². The zero-order chi connectivity index (χ0) is 8.55. The van der Waals surface area contributed by atoms with Gasteiger partial charge in [0.15, 0.2) is 0 Å². The second-order valence-electron chi connectivity index (χ2n) is 3.76. The van der Waals surface area contributed by atoms with Crippen LogP contribution in [0.15, 0.2) is 0 Å². The lowest BCUT2D eigenvalue weighted by Gasteiger charge is -2.25. The molecule has 1 N–H and O–H groups in total. The Hall–Kier alpha value is -0.570. The summed E-state index contributed by atoms with van der Waals surface area (Å²) < 4.78 is 5.45. The standard InChI is InChI=1S/C9H14O3/c10-9(11)7-5-12-8-4-2-1-3-6(7)8/h6-8H,1-5H2,(H,10,11)/t6-,7-,8+/m0/s1. The Kier molecular flexibility index (Phi) is 2.05. The molecule has 3 heteroatoms. The Morgan fingerprint density at radius 2 is 2.08 bits per heavy atom. The first-order valence-electron chi connectivity index (χ1n) is 4.63. The molecule has 0 aromatic rings. The molecule has 0 bridgehead atoms. The molecule has 3 nitrogen and oxygen atoms in total. The first-order valence-corrected chi connectivity index (χ1v) is 4.63. The highest BCUT2D eigenvalue weighted by molar-refractivity contribution is 5.71. The molecule has 0 unspecified atom stereocenters. The van der Waals surface area contributed by atoms with Crippen molar-refractivity contribution in [3.63, 3.8) is 0 Å². The maximum Gasteiger partial charge on any atom is 0.309 e. The molecular weight excluding hydrogens is 156 g/mol. The summed E-state index contributed by atoms with van der Waals surface area (Å²) in [6, 6.07) is 0. The summed E-state index contributed by atoms with van der Waals surface area (Å²) in [4.78, 5) is 10.8. The Bertz CT molecular complexity index is 190. The van der Waals surface area contributed by atoms with Crippen LogP contribution in [0.4, 0.5) is 0 Å². The van der Waals surface area contributed by atoms with Crippen LogP contribution >= 0.6 is 0 Å². The molecule has 0 spiro atoms. The van der Waals surface area contributed by atoms with Gasteiger partial charge in [-0.25, -0.2) is 0 Å². The minimum atomic E-state index is -0.676. The fourth-order valence-corrected chi connectivity index (χ4v) is 2.40. The minimum absolute atomic E-state index is 0.227. The SMILES string of the molecule is O=C(O)[C@H]1CO[C@@H]2CCCC[C@@H]12. The van der Waals surface area contributed by atoms with Crippen LogP contribution in [0.1, 0.15) is 25.7 Å².